The molecule has 90 valence electrons. The van der Waals surface area contributed by atoms with Crippen LogP contribution in [0.2, 0.25) is 0 Å². The van der Waals surface area contributed by atoms with E-state index in [-0.39, 0.29) is 39.5 Å². The third-order valence-electron chi connectivity index (χ3n) is 1.84. The number of carboxylic acids is 1. The Kier molecular flexibility index (Phi) is 7.11. The number of amides is 2. The molecule has 1 aliphatic heterocycles. The summed E-state index contributed by atoms with van der Waals surface area (Å²) in [6, 6.07) is 9.10. The average molecular weight is 434 g/mol. The van der Waals surface area contributed by atoms with E-state index in [0.29, 0.717) is 5.57 Å². The predicted molar refractivity (Wildman–Crippen MR) is 60.9 cm³/mol. The van der Waals surface area contributed by atoms with Crippen LogP contribution in [0.3, 0.4) is 0 Å². The molecule has 0 atom stereocenters. The maximum absolute atomic E-state index is 11.2. The van der Waals surface area contributed by atoms with Gasteiger partial charge in [-0.2, -0.15) is 0 Å². The molecule has 0 bridgehead atoms. The van der Waals surface area contributed by atoms with Gasteiger partial charge in [0.2, 0.25) is 0 Å². The van der Waals surface area contributed by atoms with Crippen molar-refractivity contribution in [1.82, 2.24) is 5.32 Å². The Balaban J connectivity index is 0.000000512. The zero-order valence-electron chi connectivity index (χ0n) is 9.84. The van der Waals surface area contributed by atoms with E-state index in [2.05, 4.69) is 5.32 Å². The van der Waals surface area contributed by atoms with Crippen molar-refractivity contribution in [2.75, 3.05) is 0 Å². The number of aliphatic carboxylic acids is 1. The van der Waals surface area contributed by atoms with Gasteiger partial charge in [0.05, 0.1) is 5.57 Å². The molecule has 0 saturated carbocycles. The Morgan fingerprint density at radius 1 is 1.17 bits per heavy atom. The molecular weight excluding hydrogens is 423 g/mol. The minimum Gasteiger partial charge on any atom is -0.481 e. The molecule has 2 amide bonds. The second-order valence-electron chi connectivity index (χ2n) is 3.26. The summed E-state index contributed by atoms with van der Waals surface area (Å²) in [6.45, 7) is 1.08. The van der Waals surface area contributed by atoms with Crippen LogP contribution in [0, 0.1) is 0 Å². The number of carboxylic acid groups (broad SMARTS) is 1. The molecule has 1 aromatic carbocycles. The summed E-state index contributed by atoms with van der Waals surface area (Å²) in [5, 5.41) is 9.61. The fourth-order valence-electron chi connectivity index (χ4n) is 1.24. The van der Waals surface area contributed by atoms with Crippen LogP contribution in [0.25, 0.3) is 5.57 Å². The Bertz CT molecular complexity index is 478. The SMILES string of the molecule is CC(=O)O.O=C1C=C(c2ccccc2)C(=O)N1.[Hg]. The maximum Gasteiger partial charge on any atom is 0.300 e. The van der Waals surface area contributed by atoms with Crippen molar-refractivity contribution in [2.24, 2.45) is 0 Å². The van der Waals surface area contributed by atoms with E-state index in [9.17, 15) is 9.59 Å². The van der Waals surface area contributed by atoms with Gasteiger partial charge in [0.15, 0.2) is 0 Å². The van der Waals surface area contributed by atoms with Gasteiger partial charge in [-0.3, -0.25) is 19.7 Å². The Morgan fingerprint density at radius 3 is 2.06 bits per heavy atom. The molecule has 0 aromatic heterocycles. The number of rotatable bonds is 1. The number of imide groups is 1. The molecule has 1 aliphatic rings. The first-order chi connectivity index (χ1) is 8.00. The molecule has 0 saturated heterocycles. The Hall–Kier alpha value is -1.49. The number of carbonyl (C=O) groups is 3. The minimum atomic E-state index is -0.833. The fourth-order valence-corrected chi connectivity index (χ4v) is 1.24. The number of hydrogen-bond acceptors (Lipinski definition) is 3. The summed E-state index contributed by atoms with van der Waals surface area (Å²) < 4.78 is 0. The number of carbonyl (C=O) groups excluding carboxylic acids is 2. The van der Waals surface area contributed by atoms with E-state index in [4.69, 9.17) is 9.90 Å². The summed E-state index contributed by atoms with van der Waals surface area (Å²) in [6.07, 6.45) is 1.32. The molecule has 0 fully saturated rings. The molecule has 5 nitrogen and oxygen atoms in total. The van der Waals surface area contributed by atoms with Crippen LogP contribution in [0.4, 0.5) is 0 Å². The first kappa shape index (κ1) is 16.5. The Labute approximate surface area is 124 Å². The predicted octanol–water partition coefficient (Wildman–Crippen LogP) is 0.815. The normalized spacial score (nSPS) is 12.6. The van der Waals surface area contributed by atoms with Gasteiger partial charge < -0.3 is 5.11 Å². The smallest absolute Gasteiger partial charge is 0.300 e. The fraction of sp³-hybridized carbons (Fsp3) is 0.0833. The van der Waals surface area contributed by atoms with Crippen LogP contribution in [0.15, 0.2) is 36.4 Å². The third-order valence-corrected chi connectivity index (χ3v) is 1.84. The maximum atomic E-state index is 11.2. The van der Waals surface area contributed by atoms with Gasteiger partial charge in [-0.05, 0) is 5.56 Å². The minimum absolute atomic E-state index is 0. The standard InChI is InChI=1S/C10H7NO2.C2H4O2.Hg/c12-9-6-8(10(13)11-9)7-4-2-1-3-5-7;1-2(3)4;/h1-6H,(H,11,12,13);1H3,(H,3,4);. The van der Waals surface area contributed by atoms with Crippen LogP contribution >= 0.6 is 0 Å². The number of benzene rings is 1. The molecule has 2 N–H and O–H groups in total. The molecule has 0 radical (unpaired) electrons. The van der Waals surface area contributed by atoms with Gasteiger partial charge in [-0.1, -0.05) is 30.3 Å². The molecule has 18 heavy (non-hydrogen) atoms. The third kappa shape index (κ3) is 5.22. The zero-order valence-corrected chi connectivity index (χ0v) is 15.3. The summed E-state index contributed by atoms with van der Waals surface area (Å²) in [4.78, 5) is 31.0. The van der Waals surface area contributed by atoms with E-state index in [1.807, 2.05) is 18.2 Å². The second-order valence-corrected chi connectivity index (χ2v) is 3.26. The molecule has 0 aliphatic carbocycles. The van der Waals surface area contributed by atoms with Gasteiger partial charge in [-0.25, -0.2) is 0 Å². The molecule has 1 heterocycles. The van der Waals surface area contributed by atoms with Crippen LogP contribution < -0.4 is 5.32 Å². The van der Waals surface area contributed by atoms with Crippen molar-refractivity contribution in [1.29, 1.82) is 0 Å². The van der Waals surface area contributed by atoms with E-state index in [0.717, 1.165) is 12.5 Å². The molecule has 2 rings (SSSR count). The zero-order chi connectivity index (χ0) is 12.8. The summed E-state index contributed by atoms with van der Waals surface area (Å²) in [7, 11) is 0. The summed E-state index contributed by atoms with van der Waals surface area (Å²) >= 11 is 0. The second kappa shape index (κ2) is 7.76. The van der Waals surface area contributed by atoms with Gasteiger partial charge in [0.1, 0.15) is 0 Å². The average Bonchev–Trinajstić information content (AvgIpc) is 2.58. The largest absolute Gasteiger partial charge is 0.481 e. The first-order valence-corrected chi connectivity index (χ1v) is 4.82. The van der Waals surface area contributed by atoms with E-state index < -0.39 is 5.97 Å². The van der Waals surface area contributed by atoms with Crippen molar-refractivity contribution in [3.05, 3.63) is 42.0 Å². The van der Waals surface area contributed by atoms with Crippen molar-refractivity contribution in [3.8, 4) is 0 Å². The van der Waals surface area contributed by atoms with Gasteiger partial charge >= 0.3 is 0 Å². The van der Waals surface area contributed by atoms with E-state index >= 15 is 0 Å². The van der Waals surface area contributed by atoms with Crippen molar-refractivity contribution in [3.63, 3.8) is 0 Å². The number of hydrogen-bond donors (Lipinski definition) is 2. The quantitative estimate of drug-likeness (QED) is 0.507. The Morgan fingerprint density at radius 2 is 1.67 bits per heavy atom. The van der Waals surface area contributed by atoms with Crippen LogP contribution in [-0.4, -0.2) is 22.9 Å². The summed E-state index contributed by atoms with van der Waals surface area (Å²) in [5.74, 6) is -1.50. The van der Waals surface area contributed by atoms with Crippen LogP contribution in [-0.2, 0) is 42.1 Å². The molecule has 0 spiro atoms. The molecule has 1 aromatic rings. The topological polar surface area (TPSA) is 83.5 Å². The van der Waals surface area contributed by atoms with Crippen LogP contribution in [0.5, 0.6) is 0 Å². The van der Waals surface area contributed by atoms with E-state index in [1.54, 1.807) is 12.1 Å². The number of nitrogens with one attached hydrogen (secondary N) is 1. The molecule has 6 heteroatoms. The van der Waals surface area contributed by atoms with E-state index in [1.165, 1.54) is 6.08 Å². The summed E-state index contributed by atoms with van der Waals surface area (Å²) in [5.41, 5.74) is 1.21. The van der Waals surface area contributed by atoms with Gasteiger partial charge in [0.25, 0.3) is 17.8 Å². The van der Waals surface area contributed by atoms with Crippen LogP contribution in [0.1, 0.15) is 12.5 Å². The van der Waals surface area contributed by atoms with Gasteiger partial charge in [0, 0.05) is 40.7 Å². The molecule has 0 unspecified atom stereocenters. The van der Waals surface area contributed by atoms with Crippen molar-refractivity contribution < 1.29 is 47.2 Å². The van der Waals surface area contributed by atoms with Gasteiger partial charge in [-0.15, -0.1) is 0 Å². The van der Waals surface area contributed by atoms with Crippen molar-refractivity contribution >= 4 is 23.4 Å². The monoisotopic (exact) mass is 435 g/mol. The molecular formula is C12H11HgNO4. The first-order valence-electron chi connectivity index (χ1n) is 4.82. The van der Waals surface area contributed by atoms with Crippen molar-refractivity contribution in [2.45, 2.75) is 6.92 Å².